The van der Waals surface area contributed by atoms with Crippen molar-refractivity contribution in [2.75, 3.05) is 0 Å². The summed E-state index contributed by atoms with van der Waals surface area (Å²) in [4.78, 5) is 0. The first-order valence-electron chi connectivity index (χ1n) is 1.53. The van der Waals surface area contributed by atoms with Gasteiger partial charge in [-0.2, -0.15) is 4.21 Å². The van der Waals surface area contributed by atoms with Gasteiger partial charge in [0.1, 0.15) is 0 Å². The Bertz CT molecular complexity index is 75.4. The summed E-state index contributed by atoms with van der Waals surface area (Å²) in [5, 5.41) is 0. The van der Waals surface area contributed by atoms with Crippen LogP contribution in [0, 0.1) is 0 Å². The highest BCUT2D eigenvalue weighted by Crippen LogP contribution is 1.44. The zero-order chi connectivity index (χ0) is 6.99. The van der Waals surface area contributed by atoms with Gasteiger partial charge in [-0.1, -0.05) is 0 Å². The first kappa shape index (κ1) is 10.4. The Morgan fingerprint density at radius 1 is 1.25 bits per heavy atom. The predicted molar refractivity (Wildman–Crippen MR) is 30.9 cm³/mol. The Kier molecular flexibility index (Phi) is 12.5. The molecule has 6 N–H and O–H groups in total. The lowest BCUT2D eigenvalue weighted by atomic mass is 11.0. The summed E-state index contributed by atoms with van der Waals surface area (Å²) in [6.45, 7) is 0. The van der Waals surface area contributed by atoms with Crippen LogP contribution in [0.15, 0.2) is 12.4 Å². The molecule has 0 aromatic carbocycles. The fourth-order valence-corrected chi connectivity index (χ4v) is 0. The third-order valence-electron chi connectivity index (χ3n) is 0.111. The van der Waals surface area contributed by atoms with E-state index in [0.29, 0.717) is 0 Å². The van der Waals surface area contributed by atoms with Crippen LogP contribution in [0.3, 0.4) is 0 Å². The molecule has 0 spiro atoms. The Balaban J connectivity index is 0. The van der Waals surface area contributed by atoms with E-state index in [1.165, 1.54) is 12.4 Å². The van der Waals surface area contributed by atoms with Gasteiger partial charge in [-0.25, -0.2) is 0 Å². The summed E-state index contributed by atoms with van der Waals surface area (Å²) in [6, 6.07) is 0. The van der Waals surface area contributed by atoms with Gasteiger partial charge in [-0.15, -0.1) is 0 Å². The third-order valence-corrected chi connectivity index (χ3v) is 0.111. The third kappa shape index (κ3) is 626. The number of rotatable bonds is 0. The maximum Gasteiger partial charge on any atom is 0.299 e. The SMILES string of the molecule is N/C=C/N.O=S(O)O. The molecule has 8 heavy (non-hydrogen) atoms. The Morgan fingerprint density at radius 2 is 1.38 bits per heavy atom. The van der Waals surface area contributed by atoms with Gasteiger partial charge in [0.25, 0.3) is 11.4 Å². The first-order chi connectivity index (χ1) is 3.65. The van der Waals surface area contributed by atoms with E-state index in [2.05, 4.69) is 0 Å². The maximum atomic E-state index is 8.67. The molecule has 0 aliphatic carbocycles. The van der Waals surface area contributed by atoms with Crippen molar-refractivity contribution in [1.29, 1.82) is 0 Å². The van der Waals surface area contributed by atoms with E-state index < -0.39 is 11.4 Å². The minimum absolute atomic E-state index is 1.28. The highest BCUT2D eigenvalue weighted by atomic mass is 32.2. The fourth-order valence-electron chi connectivity index (χ4n) is 0. The predicted octanol–water partition coefficient (Wildman–Crippen LogP) is -0.944. The molecule has 50 valence electrons. The summed E-state index contributed by atoms with van der Waals surface area (Å²) in [7, 11) is 0. The largest absolute Gasteiger partial charge is 0.403 e. The van der Waals surface area contributed by atoms with Crippen LogP contribution in [0.25, 0.3) is 0 Å². The van der Waals surface area contributed by atoms with Crippen molar-refractivity contribution in [2.24, 2.45) is 11.5 Å². The molecule has 0 unspecified atom stereocenters. The van der Waals surface area contributed by atoms with Crippen LogP contribution in [0.1, 0.15) is 0 Å². The molecule has 0 heterocycles. The second-order valence-corrected chi connectivity index (χ2v) is 1.08. The number of nitrogens with two attached hydrogens (primary N) is 2. The zero-order valence-electron chi connectivity index (χ0n) is 4.02. The molecule has 0 atom stereocenters. The smallest absolute Gasteiger partial charge is 0.299 e. The first-order valence-corrected chi connectivity index (χ1v) is 2.60. The van der Waals surface area contributed by atoms with Crippen LogP contribution in [0.4, 0.5) is 0 Å². The van der Waals surface area contributed by atoms with Crippen molar-refractivity contribution in [1.82, 2.24) is 0 Å². The van der Waals surface area contributed by atoms with Crippen molar-refractivity contribution in [2.45, 2.75) is 0 Å². The molecule has 0 radical (unpaired) electrons. The average molecular weight is 140 g/mol. The van der Waals surface area contributed by atoms with Gasteiger partial charge >= 0.3 is 0 Å². The standard InChI is InChI=1S/C2H6N2.H2O3S/c3-1-2-4;1-4(2)3/h1-2H,3-4H2;(H2,1,2,3)/b2-1+;. The lowest BCUT2D eigenvalue weighted by Crippen LogP contribution is -1.81. The molecule has 0 rings (SSSR count). The van der Waals surface area contributed by atoms with Crippen LogP contribution in [0.2, 0.25) is 0 Å². The van der Waals surface area contributed by atoms with E-state index in [-0.39, 0.29) is 0 Å². The van der Waals surface area contributed by atoms with Gasteiger partial charge in [-0.05, 0) is 0 Å². The lowest BCUT2D eigenvalue weighted by Gasteiger charge is -1.59. The van der Waals surface area contributed by atoms with E-state index in [9.17, 15) is 0 Å². The van der Waals surface area contributed by atoms with E-state index in [1.54, 1.807) is 0 Å². The van der Waals surface area contributed by atoms with Crippen LogP contribution in [0.5, 0.6) is 0 Å². The molecule has 0 saturated heterocycles. The molecule has 0 aromatic heterocycles. The Labute approximate surface area is 49.5 Å². The molecule has 0 aliphatic rings. The van der Waals surface area contributed by atoms with E-state index in [4.69, 9.17) is 24.8 Å². The minimum atomic E-state index is -2.61. The summed E-state index contributed by atoms with van der Waals surface area (Å²) in [6.07, 6.45) is 2.56. The molecular weight excluding hydrogens is 132 g/mol. The average Bonchev–Trinajstić information content (AvgIpc) is 1.65. The Morgan fingerprint density at radius 3 is 1.38 bits per heavy atom. The second-order valence-electron chi connectivity index (χ2n) is 0.616. The summed E-state index contributed by atoms with van der Waals surface area (Å²) >= 11 is -2.61. The van der Waals surface area contributed by atoms with Gasteiger partial charge in [0.15, 0.2) is 0 Å². The summed E-state index contributed by atoms with van der Waals surface area (Å²) in [5.74, 6) is 0. The number of hydrogen-bond acceptors (Lipinski definition) is 3. The molecule has 0 amide bonds. The molecule has 0 aliphatic heterocycles. The summed E-state index contributed by atoms with van der Waals surface area (Å²) < 4.78 is 22.8. The molecular formula is C2H8N2O3S. The summed E-state index contributed by atoms with van der Waals surface area (Å²) in [5.41, 5.74) is 9.44. The molecule has 0 fully saturated rings. The highest BCUT2D eigenvalue weighted by Gasteiger charge is 1.62. The van der Waals surface area contributed by atoms with E-state index in [0.717, 1.165) is 0 Å². The van der Waals surface area contributed by atoms with Crippen molar-refractivity contribution < 1.29 is 13.3 Å². The number of hydrogen-bond donors (Lipinski definition) is 4. The molecule has 0 saturated carbocycles. The Hall–Kier alpha value is -0.590. The van der Waals surface area contributed by atoms with Gasteiger partial charge in [0, 0.05) is 12.4 Å². The monoisotopic (exact) mass is 140 g/mol. The fraction of sp³-hybridized carbons (Fsp3) is 0. The zero-order valence-corrected chi connectivity index (χ0v) is 4.84. The molecule has 6 heteroatoms. The van der Waals surface area contributed by atoms with E-state index in [1.807, 2.05) is 0 Å². The minimum Gasteiger partial charge on any atom is -0.403 e. The van der Waals surface area contributed by atoms with Gasteiger partial charge in [0.05, 0.1) is 0 Å². The van der Waals surface area contributed by atoms with Crippen molar-refractivity contribution in [3.8, 4) is 0 Å². The van der Waals surface area contributed by atoms with Crippen molar-refractivity contribution in [3.05, 3.63) is 12.4 Å². The molecule has 0 bridgehead atoms. The van der Waals surface area contributed by atoms with E-state index >= 15 is 0 Å². The van der Waals surface area contributed by atoms with Gasteiger partial charge in [0.2, 0.25) is 0 Å². The van der Waals surface area contributed by atoms with Crippen LogP contribution in [-0.2, 0) is 11.4 Å². The quantitative estimate of drug-likeness (QED) is 0.324. The van der Waals surface area contributed by atoms with Crippen molar-refractivity contribution in [3.63, 3.8) is 0 Å². The lowest BCUT2D eigenvalue weighted by molar-refractivity contribution is 0.454. The molecule has 5 nitrogen and oxygen atoms in total. The van der Waals surface area contributed by atoms with Crippen LogP contribution >= 0.6 is 0 Å². The van der Waals surface area contributed by atoms with Gasteiger partial charge in [-0.3, -0.25) is 9.11 Å². The highest BCUT2D eigenvalue weighted by molar-refractivity contribution is 7.73. The van der Waals surface area contributed by atoms with Crippen molar-refractivity contribution >= 4 is 11.4 Å². The van der Waals surface area contributed by atoms with Crippen LogP contribution < -0.4 is 11.5 Å². The normalized spacial score (nSPS) is 8.88. The second kappa shape index (κ2) is 9.65. The van der Waals surface area contributed by atoms with Crippen LogP contribution in [-0.4, -0.2) is 13.3 Å². The van der Waals surface area contributed by atoms with Gasteiger partial charge < -0.3 is 11.5 Å². The molecule has 0 aromatic rings. The topological polar surface area (TPSA) is 110 Å². The maximum absolute atomic E-state index is 8.67.